The molecule has 1 saturated heterocycles. The molecule has 164 valence electrons. The molecule has 0 spiro atoms. The number of ether oxygens (including phenoxy) is 2. The maximum absolute atomic E-state index is 13.5. The average molecular weight is 525 g/mol. The van der Waals surface area contributed by atoms with E-state index in [2.05, 4.69) is 20.8 Å². The first kappa shape index (κ1) is 22.5. The van der Waals surface area contributed by atoms with Gasteiger partial charge in [-0.15, -0.1) is 0 Å². The fourth-order valence-electron chi connectivity index (χ4n) is 3.50. The summed E-state index contributed by atoms with van der Waals surface area (Å²) >= 11 is 11.3. The molecule has 4 rings (SSSR count). The van der Waals surface area contributed by atoms with E-state index in [0.29, 0.717) is 22.3 Å². The lowest BCUT2D eigenvalue weighted by Gasteiger charge is -2.27. The third-order valence-corrected chi connectivity index (χ3v) is 7.04. The van der Waals surface area contributed by atoms with Crippen LogP contribution in [0.5, 0.6) is 5.75 Å². The monoisotopic (exact) mass is 523 g/mol. The Hall–Kier alpha value is -1.71. The molecule has 31 heavy (non-hydrogen) atoms. The summed E-state index contributed by atoms with van der Waals surface area (Å²) in [6.45, 7) is 4.82. The van der Waals surface area contributed by atoms with Gasteiger partial charge in [0.1, 0.15) is 5.75 Å². The minimum atomic E-state index is -0.153. The largest absolute Gasteiger partial charge is 0.497 e. The molecule has 1 aromatic heterocycles. The van der Waals surface area contributed by atoms with E-state index in [4.69, 9.17) is 26.1 Å². The van der Waals surface area contributed by atoms with Crippen LogP contribution in [0.3, 0.4) is 0 Å². The first-order valence-corrected chi connectivity index (χ1v) is 12.1. The highest BCUT2D eigenvalue weighted by molar-refractivity contribution is 9.10. The fraction of sp³-hybridized carbons (Fsp3) is 0.364. The average Bonchev–Trinajstić information content (AvgIpc) is 3.21. The molecule has 1 aliphatic heterocycles. The number of rotatable bonds is 7. The molecule has 6 nitrogen and oxygen atoms in total. The molecule has 0 aliphatic carbocycles. The molecule has 0 bridgehead atoms. The van der Waals surface area contributed by atoms with Crippen molar-refractivity contribution < 1.29 is 14.3 Å². The first-order chi connectivity index (χ1) is 15.0. The second-order valence-electron chi connectivity index (χ2n) is 7.22. The van der Waals surface area contributed by atoms with Crippen LogP contribution < -0.4 is 9.64 Å². The first-order valence-electron chi connectivity index (χ1n) is 10.1. The number of anilines is 1. The molecule has 2 heterocycles. The highest BCUT2D eigenvalue weighted by atomic mass is 79.9. The standard InChI is InChI=1S/C22H23BrClN3O3S/c1-29-16-4-6-19-20(14-16)31-22(25-19)27(8-2-7-26-9-11-30-12-10-26)21(28)17-13-15(23)3-5-18(17)24/h3-6,13-14H,2,7-12H2,1H3. The zero-order valence-corrected chi connectivity index (χ0v) is 20.3. The van der Waals surface area contributed by atoms with Crippen molar-refractivity contribution in [2.45, 2.75) is 6.42 Å². The summed E-state index contributed by atoms with van der Waals surface area (Å²) in [5.74, 6) is 0.613. The van der Waals surface area contributed by atoms with Gasteiger partial charge in [-0.1, -0.05) is 38.9 Å². The van der Waals surface area contributed by atoms with E-state index >= 15 is 0 Å². The van der Waals surface area contributed by atoms with Gasteiger partial charge in [-0.05, 0) is 42.8 Å². The molecule has 0 N–H and O–H groups in total. The van der Waals surface area contributed by atoms with Crippen molar-refractivity contribution in [1.29, 1.82) is 0 Å². The number of hydrogen-bond donors (Lipinski definition) is 0. The maximum atomic E-state index is 13.5. The molecule has 3 aromatic rings. The van der Waals surface area contributed by atoms with Gasteiger partial charge in [-0.25, -0.2) is 4.98 Å². The Kier molecular flexibility index (Phi) is 7.45. The number of fused-ring (bicyclic) bond motifs is 1. The Balaban J connectivity index is 1.61. The van der Waals surface area contributed by atoms with E-state index in [0.717, 1.165) is 59.7 Å². The maximum Gasteiger partial charge on any atom is 0.261 e. The van der Waals surface area contributed by atoms with Gasteiger partial charge in [0.25, 0.3) is 5.91 Å². The number of aromatic nitrogens is 1. The smallest absolute Gasteiger partial charge is 0.261 e. The molecular formula is C22H23BrClN3O3S. The van der Waals surface area contributed by atoms with E-state index in [1.165, 1.54) is 11.3 Å². The summed E-state index contributed by atoms with van der Waals surface area (Å²) in [6, 6.07) is 11.0. The number of nitrogens with zero attached hydrogens (tertiary/aromatic N) is 3. The molecule has 0 unspecified atom stereocenters. The van der Waals surface area contributed by atoms with Crippen LogP contribution in [0, 0.1) is 0 Å². The van der Waals surface area contributed by atoms with Crippen molar-refractivity contribution in [3.63, 3.8) is 0 Å². The quantitative estimate of drug-likeness (QED) is 0.431. The van der Waals surface area contributed by atoms with Crippen LogP contribution >= 0.6 is 38.9 Å². The fourth-order valence-corrected chi connectivity index (χ4v) is 5.08. The van der Waals surface area contributed by atoms with Crippen LogP contribution in [0.1, 0.15) is 16.8 Å². The molecule has 1 aliphatic rings. The number of amides is 1. The number of carbonyl (C=O) groups excluding carboxylic acids is 1. The summed E-state index contributed by atoms with van der Waals surface area (Å²) in [5, 5.41) is 1.08. The summed E-state index contributed by atoms with van der Waals surface area (Å²) in [6.07, 6.45) is 0.830. The minimum Gasteiger partial charge on any atom is -0.497 e. The number of carbonyl (C=O) groups is 1. The number of hydrogen-bond acceptors (Lipinski definition) is 6. The van der Waals surface area contributed by atoms with Gasteiger partial charge >= 0.3 is 0 Å². The van der Waals surface area contributed by atoms with Crippen molar-refractivity contribution in [1.82, 2.24) is 9.88 Å². The Bertz CT molecular complexity index is 1070. The van der Waals surface area contributed by atoms with Crippen molar-refractivity contribution in [3.8, 4) is 5.75 Å². The summed E-state index contributed by atoms with van der Waals surface area (Å²) in [7, 11) is 1.64. The number of benzene rings is 2. The van der Waals surface area contributed by atoms with E-state index in [-0.39, 0.29) is 5.91 Å². The van der Waals surface area contributed by atoms with Crippen molar-refractivity contribution in [3.05, 3.63) is 51.5 Å². The summed E-state index contributed by atoms with van der Waals surface area (Å²) < 4.78 is 12.5. The third-order valence-electron chi connectivity index (χ3n) is 5.18. The second kappa shape index (κ2) is 10.3. The van der Waals surface area contributed by atoms with Crippen LogP contribution in [-0.2, 0) is 4.74 Å². The van der Waals surface area contributed by atoms with Gasteiger partial charge in [0, 0.05) is 30.7 Å². The molecule has 1 fully saturated rings. The van der Waals surface area contributed by atoms with Crippen LogP contribution in [0.4, 0.5) is 5.13 Å². The number of thiazole rings is 1. The zero-order chi connectivity index (χ0) is 21.8. The summed E-state index contributed by atoms with van der Waals surface area (Å²) in [4.78, 5) is 22.4. The molecule has 1 amide bonds. The highest BCUT2D eigenvalue weighted by Crippen LogP contribution is 2.33. The van der Waals surface area contributed by atoms with E-state index < -0.39 is 0 Å². The van der Waals surface area contributed by atoms with Gasteiger partial charge in [-0.2, -0.15) is 0 Å². The predicted octanol–water partition coefficient (Wildman–Crippen LogP) is 5.09. The van der Waals surface area contributed by atoms with E-state index in [1.807, 2.05) is 24.3 Å². The van der Waals surface area contributed by atoms with Crippen molar-refractivity contribution in [2.75, 3.05) is 51.4 Å². The molecule has 0 radical (unpaired) electrons. The third kappa shape index (κ3) is 5.38. The van der Waals surface area contributed by atoms with E-state index in [9.17, 15) is 4.79 Å². The van der Waals surface area contributed by atoms with Crippen molar-refractivity contribution in [2.24, 2.45) is 0 Å². The molecule has 9 heteroatoms. The van der Waals surface area contributed by atoms with Gasteiger partial charge in [0.15, 0.2) is 5.13 Å². The Labute approximate surface area is 198 Å². The number of halogens is 2. The molecule has 0 atom stereocenters. The number of methoxy groups -OCH3 is 1. The lowest BCUT2D eigenvalue weighted by molar-refractivity contribution is 0.0376. The predicted molar refractivity (Wildman–Crippen MR) is 129 cm³/mol. The lowest BCUT2D eigenvalue weighted by Crippen LogP contribution is -2.39. The Morgan fingerprint density at radius 2 is 2.10 bits per heavy atom. The summed E-state index contributed by atoms with van der Waals surface area (Å²) in [5.41, 5.74) is 1.30. The van der Waals surface area contributed by atoms with Gasteiger partial charge in [0.2, 0.25) is 0 Å². The van der Waals surface area contributed by atoms with Gasteiger partial charge < -0.3 is 9.47 Å². The van der Waals surface area contributed by atoms with Crippen molar-refractivity contribution >= 4 is 60.1 Å². The number of morpholine rings is 1. The zero-order valence-electron chi connectivity index (χ0n) is 17.1. The molecule has 2 aromatic carbocycles. The van der Waals surface area contributed by atoms with Crippen LogP contribution in [0.15, 0.2) is 40.9 Å². The normalized spacial score (nSPS) is 14.7. The lowest BCUT2D eigenvalue weighted by atomic mass is 10.2. The Morgan fingerprint density at radius 1 is 1.29 bits per heavy atom. The second-order valence-corrected chi connectivity index (χ2v) is 9.55. The van der Waals surface area contributed by atoms with Gasteiger partial charge in [0.05, 0.1) is 41.1 Å². The molecule has 0 saturated carbocycles. The van der Waals surface area contributed by atoms with E-state index in [1.54, 1.807) is 24.1 Å². The highest BCUT2D eigenvalue weighted by Gasteiger charge is 2.24. The van der Waals surface area contributed by atoms with Gasteiger partial charge in [-0.3, -0.25) is 14.6 Å². The van der Waals surface area contributed by atoms with Crippen LogP contribution in [-0.4, -0.2) is 62.3 Å². The molecular weight excluding hydrogens is 502 g/mol. The SMILES string of the molecule is COc1ccc2nc(N(CCCN3CCOCC3)C(=O)c3cc(Br)ccc3Cl)sc2c1. The Morgan fingerprint density at radius 3 is 2.87 bits per heavy atom. The minimum absolute atomic E-state index is 0.153. The topological polar surface area (TPSA) is 54.9 Å². The van der Waals surface area contributed by atoms with Crippen LogP contribution in [0.2, 0.25) is 5.02 Å². The van der Waals surface area contributed by atoms with Crippen LogP contribution in [0.25, 0.3) is 10.2 Å².